The summed E-state index contributed by atoms with van der Waals surface area (Å²) in [5.74, 6) is -1.30. The molecule has 1 unspecified atom stereocenters. The molecule has 1 N–H and O–H groups in total. The Morgan fingerprint density at radius 2 is 1.83 bits per heavy atom. The number of carbonyl (C=O) groups is 1. The maximum absolute atomic E-state index is 14.4. The molecule has 2 amide bonds. The Morgan fingerprint density at radius 3 is 2.66 bits per heavy atom. The maximum Gasteiger partial charge on any atom is 0.323 e. The van der Waals surface area contributed by atoms with E-state index in [-0.39, 0.29) is 5.69 Å². The molecule has 0 fully saturated rings. The summed E-state index contributed by atoms with van der Waals surface area (Å²) in [6.07, 6.45) is 6.35. The van der Waals surface area contributed by atoms with Crippen molar-refractivity contribution >= 4 is 34.7 Å². The maximum atomic E-state index is 14.4. The minimum absolute atomic E-state index is 0.183. The number of halogens is 3. The number of benzene rings is 2. The second kappa shape index (κ2) is 8.81. The Kier molecular flexibility index (Phi) is 5.61. The largest absolute Gasteiger partial charge is 0.323 e. The van der Waals surface area contributed by atoms with Crippen LogP contribution in [0.3, 0.4) is 0 Å². The summed E-state index contributed by atoms with van der Waals surface area (Å²) >= 11 is 7.96. The van der Waals surface area contributed by atoms with Crippen LogP contribution in [-0.2, 0) is 19.4 Å². The molecule has 2 aliphatic rings. The average Bonchev–Trinajstić information content (AvgIpc) is 3.44. The van der Waals surface area contributed by atoms with E-state index >= 15 is 0 Å². The van der Waals surface area contributed by atoms with Crippen LogP contribution in [0, 0.1) is 11.6 Å². The zero-order chi connectivity index (χ0) is 24.1. The molecular formula is C27H22ClF2N3OS. The second-order valence-corrected chi connectivity index (χ2v) is 10.5. The first kappa shape index (κ1) is 22.3. The molecule has 178 valence electrons. The van der Waals surface area contributed by atoms with Crippen molar-refractivity contribution in [3.63, 3.8) is 0 Å². The van der Waals surface area contributed by atoms with Crippen LogP contribution in [0.1, 0.15) is 46.1 Å². The third kappa shape index (κ3) is 3.93. The number of anilines is 1. The summed E-state index contributed by atoms with van der Waals surface area (Å²) < 4.78 is 30.4. The van der Waals surface area contributed by atoms with E-state index in [4.69, 9.17) is 11.6 Å². The van der Waals surface area contributed by atoms with E-state index in [0.717, 1.165) is 59.3 Å². The number of urea groups is 1. The Hall–Kier alpha value is -3.16. The van der Waals surface area contributed by atoms with Gasteiger partial charge in [-0.15, -0.1) is 11.3 Å². The molecule has 0 radical (unpaired) electrons. The van der Waals surface area contributed by atoms with Crippen molar-refractivity contribution < 1.29 is 13.6 Å². The number of amides is 2. The fourth-order valence-corrected chi connectivity index (χ4v) is 6.69. The molecule has 1 atom stereocenters. The van der Waals surface area contributed by atoms with E-state index in [1.165, 1.54) is 16.9 Å². The fourth-order valence-electron chi connectivity index (χ4n) is 5.16. The van der Waals surface area contributed by atoms with E-state index in [1.807, 2.05) is 30.5 Å². The lowest BCUT2D eigenvalue weighted by atomic mass is 9.95. The van der Waals surface area contributed by atoms with Crippen molar-refractivity contribution in [3.8, 4) is 5.00 Å². The normalized spacial score (nSPS) is 16.8. The van der Waals surface area contributed by atoms with Crippen molar-refractivity contribution in [1.82, 2.24) is 9.47 Å². The van der Waals surface area contributed by atoms with E-state index < -0.39 is 23.7 Å². The Labute approximate surface area is 210 Å². The van der Waals surface area contributed by atoms with E-state index in [1.54, 1.807) is 28.4 Å². The van der Waals surface area contributed by atoms with Crippen LogP contribution in [0.2, 0.25) is 5.02 Å². The van der Waals surface area contributed by atoms with Gasteiger partial charge in [-0.3, -0.25) is 0 Å². The second-order valence-electron chi connectivity index (χ2n) is 8.93. The fraction of sp³-hybridized carbons (Fsp3) is 0.222. The van der Waals surface area contributed by atoms with Gasteiger partial charge in [-0.2, -0.15) is 0 Å². The van der Waals surface area contributed by atoms with Gasteiger partial charge in [0.1, 0.15) is 16.6 Å². The summed E-state index contributed by atoms with van der Waals surface area (Å²) in [5, 5.41) is 4.35. The first-order chi connectivity index (χ1) is 17.0. The van der Waals surface area contributed by atoms with Crippen LogP contribution in [0.15, 0.2) is 60.8 Å². The minimum atomic E-state index is -0.686. The lowest BCUT2D eigenvalue weighted by Crippen LogP contribution is -2.38. The van der Waals surface area contributed by atoms with E-state index in [2.05, 4.69) is 9.88 Å². The number of fused-ring (bicyclic) bond motifs is 5. The summed E-state index contributed by atoms with van der Waals surface area (Å²) in [5.41, 5.74) is 4.08. The van der Waals surface area contributed by atoms with Crippen molar-refractivity contribution in [1.29, 1.82) is 0 Å². The van der Waals surface area contributed by atoms with Crippen molar-refractivity contribution in [2.45, 2.75) is 38.3 Å². The highest BCUT2D eigenvalue weighted by molar-refractivity contribution is 7.15. The molecule has 8 heteroatoms. The van der Waals surface area contributed by atoms with E-state index in [9.17, 15) is 13.6 Å². The van der Waals surface area contributed by atoms with Crippen LogP contribution < -0.4 is 5.32 Å². The lowest BCUT2D eigenvalue weighted by molar-refractivity contribution is 0.194. The predicted molar refractivity (Wildman–Crippen MR) is 135 cm³/mol. The molecular weight excluding hydrogens is 488 g/mol. The summed E-state index contributed by atoms with van der Waals surface area (Å²) in [6.45, 7) is 0.360. The Balaban J connectivity index is 1.50. The Bertz CT molecular complexity index is 1430. The number of rotatable bonds is 2. The topological polar surface area (TPSA) is 37.3 Å². The van der Waals surface area contributed by atoms with Gasteiger partial charge in [0, 0.05) is 27.7 Å². The van der Waals surface area contributed by atoms with Crippen molar-refractivity contribution in [2.75, 3.05) is 5.32 Å². The zero-order valence-electron chi connectivity index (χ0n) is 18.7. The van der Waals surface area contributed by atoms with Crippen LogP contribution in [0.25, 0.3) is 5.00 Å². The van der Waals surface area contributed by atoms with Crippen LogP contribution >= 0.6 is 22.9 Å². The molecule has 35 heavy (non-hydrogen) atoms. The van der Waals surface area contributed by atoms with Crippen LogP contribution in [-0.4, -0.2) is 15.5 Å². The standard InChI is InChI=1S/C27H22ClF2N3OS/c28-17-9-7-16(8-10-17)25-23-5-3-13-32(23)26-20(19-4-1-2-6-24(19)35-26)15-33(25)27(34)31-22-14-18(29)11-12-21(22)30/h3,5,7-14,25H,1-2,4,6,15H2,(H,31,34). The zero-order valence-corrected chi connectivity index (χ0v) is 20.3. The molecule has 1 aliphatic carbocycles. The van der Waals surface area contributed by atoms with Crippen molar-refractivity contribution in [2.24, 2.45) is 0 Å². The molecule has 2 aromatic carbocycles. The molecule has 0 saturated carbocycles. The summed E-state index contributed by atoms with van der Waals surface area (Å²) in [7, 11) is 0. The van der Waals surface area contributed by atoms with Gasteiger partial charge in [0.25, 0.3) is 0 Å². The smallest absolute Gasteiger partial charge is 0.310 e. The molecule has 1 aliphatic heterocycles. The van der Waals surface area contributed by atoms with Gasteiger partial charge in [-0.1, -0.05) is 23.7 Å². The van der Waals surface area contributed by atoms with Gasteiger partial charge in [0.15, 0.2) is 0 Å². The third-order valence-electron chi connectivity index (χ3n) is 6.80. The number of nitrogens with one attached hydrogen (secondary N) is 1. The van der Waals surface area contributed by atoms with E-state index in [0.29, 0.717) is 11.6 Å². The number of aryl methyl sites for hydroxylation is 1. The molecule has 3 heterocycles. The monoisotopic (exact) mass is 509 g/mol. The lowest BCUT2D eigenvalue weighted by Gasteiger charge is -2.31. The van der Waals surface area contributed by atoms with Gasteiger partial charge in [0.2, 0.25) is 0 Å². The van der Waals surface area contributed by atoms with Gasteiger partial charge < -0.3 is 14.8 Å². The minimum Gasteiger partial charge on any atom is -0.310 e. The van der Waals surface area contributed by atoms with Gasteiger partial charge >= 0.3 is 6.03 Å². The number of hydrogen-bond acceptors (Lipinski definition) is 2. The van der Waals surface area contributed by atoms with Crippen molar-refractivity contribution in [3.05, 3.63) is 105 Å². The average molecular weight is 510 g/mol. The first-order valence-electron chi connectivity index (χ1n) is 11.6. The van der Waals surface area contributed by atoms with Crippen LogP contribution in [0.5, 0.6) is 0 Å². The summed E-state index contributed by atoms with van der Waals surface area (Å²) in [4.78, 5) is 16.9. The van der Waals surface area contributed by atoms with Gasteiger partial charge in [-0.25, -0.2) is 13.6 Å². The molecule has 2 aromatic heterocycles. The molecule has 6 rings (SSSR count). The van der Waals surface area contributed by atoms with Gasteiger partial charge in [-0.05, 0) is 73.2 Å². The molecule has 0 bridgehead atoms. The SMILES string of the molecule is O=C(Nc1cc(F)ccc1F)N1Cc2c(sc3c2CCCC3)-n2cccc2C1c1ccc(Cl)cc1. The number of thiophene rings is 1. The number of carbonyl (C=O) groups excluding carboxylic acids is 1. The predicted octanol–water partition coefficient (Wildman–Crippen LogP) is 7.49. The molecule has 0 saturated heterocycles. The molecule has 0 spiro atoms. The van der Waals surface area contributed by atoms with Gasteiger partial charge in [0.05, 0.1) is 24.0 Å². The first-order valence-corrected chi connectivity index (χ1v) is 12.8. The highest BCUT2D eigenvalue weighted by Gasteiger charge is 2.36. The highest BCUT2D eigenvalue weighted by atomic mass is 35.5. The number of nitrogens with zero attached hydrogens (tertiary/aromatic N) is 2. The Morgan fingerprint density at radius 1 is 1.03 bits per heavy atom. The molecule has 4 nitrogen and oxygen atoms in total. The highest BCUT2D eigenvalue weighted by Crippen LogP contribution is 2.44. The third-order valence-corrected chi connectivity index (χ3v) is 8.38. The van der Waals surface area contributed by atoms with Crippen LogP contribution in [0.4, 0.5) is 19.3 Å². The number of aromatic nitrogens is 1. The molecule has 4 aromatic rings. The quantitative estimate of drug-likeness (QED) is 0.298. The summed E-state index contributed by atoms with van der Waals surface area (Å²) in [6, 6.07) is 13.5. The number of hydrogen-bond donors (Lipinski definition) is 1.